The molecule has 112 valence electrons. The Bertz CT molecular complexity index is 647. The molecule has 1 unspecified atom stereocenters. The first-order valence-electron chi connectivity index (χ1n) is 7.56. The Morgan fingerprint density at radius 3 is 3.05 bits per heavy atom. The van der Waals surface area contributed by atoms with Crippen LogP contribution in [0.15, 0.2) is 29.6 Å². The quantitative estimate of drug-likeness (QED) is 0.912. The van der Waals surface area contributed by atoms with Crippen LogP contribution in [-0.2, 0) is 0 Å². The number of hydrogen-bond donors (Lipinski definition) is 2. The van der Waals surface area contributed by atoms with Crippen molar-refractivity contribution in [1.82, 2.24) is 10.6 Å². The van der Waals surface area contributed by atoms with Gasteiger partial charge < -0.3 is 10.6 Å². The molecule has 21 heavy (non-hydrogen) atoms. The Kier molecular flexibility index (Phi) is 4.00. The summed E-state index contributed by atoms with van der Waals surface area (Å²) >= 11 is 1.63. The normalized spacial score (nSPS) is 21.3. The Morgan fingerprint density at radius 1 is 1.43 bits per heavy atom. The summed E-state index contributed by atoms with van der Waals surface area (Å²) in [4.78, 5) is 12.4. The highest BCUT2D eigenvalue weighted by molar-refractivity contribution is 7.17. The van der Waals surface area contributed by atoms with E-state index in [1.165, 1.54) is 17.5 Å². The van der Waals surface area contributed by atoms with Gasteiger partial charge in [0.1, 0.15) is 0 Å². The Morgan fingerprint density at radius 2 is 2.24 bits per heavy atom. The van der Waals surface area contributed by atoms with Crippen LogP contribution >= 0.6 is 11.3 Å². The van der Waals surface area contributed by atoms with Crippen LogP contribution in [0.4, 0.5) is 0 Å². The molecule has 1 aliphatic rings. The van der Waals surface area contributed by atoms with E-state index in [0.29, 0.717) is 12.6 Å². The van der Waals surface area contributed by atoms with Crippen LogP contribution in [0.2, 0.25) is 0 Å². The third-order valence-corrected chi connectivity index (χ3v) is 5.49. The summed E-state index contributed by atoms with van der Waals surface area (Å²) in [5.74, 6) is 0.0376. The molecule has 0 bridgehead atoms. The van der Waals surface area contributed by atoms with E-state index in [0.717, 1.165) is 17.5 Å². The summed E-state index contributed by atoms with van der Waals surface area (Å²) in [7, 11) is 0. The summed E-state index contributed by atoms with van der Waals surface area (Å²) in [6.45, 7) is 6.29. The van der Waals surface area contributed by atoms with Crippen molar-refractivity contribution in [1.29, 1.82) is 0 Å². The fraction of sp³-hybridized carbons (Fsp3) is 0.471. The lowest BCUT2D eigenvalue weighted by molar-refractivity contribution is 0.0931. The first-order chi connectivity index (χ1) is 10.1. The number of piperidine rings is 1. The SMILES string of the molecule is CC1(C)CCCNC1CNC(=O)c1csc2ccccc12. The van der Waals surface area contributed by atoms with Gasteiger partial charge in [-0.15, -0.1) is 11.3 Å². The van der Waals surface area contributed by atoms with Crippen molar-refractivity contribution in [3.05, 3.63) is 35.2 Å². The van der Waals surface area contributed by atoms with Crippen molar-refractivity contribution < 1.29 is 4.79 Å². The predicted molar refractivity (Wildman–Crippen MR) is 89.0 cm³/mol. The molecule has 1 saturated heterocycles. The standard InChI is InChI=1S/C17H22N2OS/c1-17(2)8-5-9-18-15(17)10-19-16(20)13-11-21-14-7-4-3-6-12(13)14/h3-4,6-7,11,15,18H,5,8-10H2,1-2H3,(H,19,20). The zero-order chi connectivity index (χ0) is 14.9. The molecule has 1 fully saturated rings. The highest BCUT2D eigenvalue weighted by Crippen LogP contribution is 2.30. The molecule has 1 aromatic heterocycles. The van der Waals surface area contributed by atoms with Crippen LogP contribution in [0.25, 0.3) is 10.1 Å². The molecule has 2 N–H and O–H groups in total. The van der Waals surface area contributed by atoms with E-state index in [2.05, 4.69) is 30.5 Å². The third-order valence-electron chi connectivity index (χ3n) is 4.52. The molecule has 1 aliphatic heterocycles. The minimum atomic E-state index is 0.0376. The lowest BCUT2D eigenvalue weighted by Gasteiger charge is -2.39. The largest absolute Gasteiger partial charge is 0.350 e. The minimum absolute atomic E-state index is 0.0376. The lowest BCUT2D eigenvalue weighted by atomic mass is 9.77. The second-order valence-electron chi connectivity index (χ2n) is 6.45. The number of nitrogens with one attached hydrogen (secondary N) is 2. The number of rotatable bonds is 3. The van der Waals surface area contributed by atoms with Gasteiger partial charge >= 0.3 is 0 Å². The maximum Gasteiger partial charge on any atom is 0.252 e. The van der Waals surface area contributed by atoms with Crippen molar-refractivity contribution in [2.45, 2.75) is 32.7 Å². The highest BCUT2D eigenvalue weighted by atomic mass is 32.1. The summed E-state index contributed by atoms with van der Waals surface area (Å²) in [6, 6.07) is 8.42. The number of fused-ring (bicyclic) bond motifs is 1. The van der Waals surface area contributed by atoms with Crippen molar-refractivity contribution in [2.75, 3.05) is 13.1 Å². The van der Waals surface area contributed by atoms with Crippen molar-refractivity contribution in [3.63, 3.8) is 0 Å². The molecule has 1 amide bonds. The van der Waals surface area contributed by atoms with E-state index in [9.17, 15) is 4.79 Å². The van der Waals surface area contributed by atoms with E-state index in [1.54, 1.807) is 11.3 Å². The third kappa shape index (κ3) is 2.97. The van der Waals surface area contributed by atoms with Gasteiger partial charge in [-0.1, -0.05) is 32.0 Å². The van der Waals surface area contributed by atoms with E-state index < -0.39 is 0 Å². The van der Waals surface area contributed by atoms with Crippen LogP contribution < -0.4 is 10.6 Å². The second-order valence-corrected chi connectivity index (χ2v) is 7.37. The molecule has 3 nitrogen and oxygen atoms in total. The van der Waals surface area contributed by atoms with E-state index in [1.807, 2.05) is 23.6 Å². The van der Waals surface area contributed by atoms with Gasteiger partial charge in [0, 0.05) is 28.1 Å². The van der Waals surface area contributed by atoms with E-state index >= 15 is 0 Å². The molecule has 0 saturated carbocycles. The van der Waals surface area contributed by atoms with Gasteiger partial charge in [0.2, 0.25) is 0 Å². The average Bonchev–Trinajstić information content (AvgIpc) is 2.89. The van der Waals surface area contributed by atoms with Crippen molar-refractivity contribution in [2.24, 2.45) is 5.41 Å². The predicted octanol–water partition coefficient (Wildman–Crippen LogP) is 3.41. The molecular weight excluding hydrogens is 280 g/mol. The fourth-order valence-corrected chi connectivity index (χ4v) is 4.00. The second kappa shape index (κ2) is 5.78. The molecule has 0 spiro atoms. The van der Waals surface area contributed by atoms with Gasteiger partial charge in [-0.05, 0) is 30.9 Å². The van der Waals surface area contributed by atoms with Gasteiger partial charge in [-0.25, -0.2) is 0 Å². The van der Waals surface area contributed by atoms with Gasteiger partial charge in [-0.2, -0.15) is 0 Å². The molecule has 1 atom stereocenters. The number of carbonyl (C=O) groups is 1. The average molecular weight is 302 g/mol. The minimum Gasteiger partial charge on any atom is -0.350 e. The van der Waals surface area contributed by atoms with Gasteiger partial charge in [0.05, 0.1) is 5.56 Å². The molecule has 4 heteroatoms. The smallest absolute Gasteiger partial charge is 0.252 e. The number of thiophene rings is 1. The van der Waals surface area contributed by atoms with Crippen LogP contribution in [-0.4, -0.2) is 25.0 Å². The Labute approximate surface area is 129 Å². The van der Waals surface area contributed by atoms with Crippen LogP contribution in [0, 0.1) is 5.41 Å². The molecule has 3 rings (SSSR count). The first kappa shape index (κ1) is 14.5. The van der Waals surface area contributed by atoms with E-state index in [4.69, 9.17) is 0 Å². The van der Waals surface area contributed by atoms with Gasteiger partial charge in [-0.3, -0.25) is 4.79 Å². The van der Waals surface area contributed by atoms with Crippen LogP contribution in [0.1, 0.15) is 37.0 Å². The first-order valence-corrected chi connectivity index (χ1v) is 8.44. The molecule has 2 heterocycles. The molecule has 0 radical (unpaired) electrons. The summed E-state index contributed by atoms with van der Waals surface area (Å²) in [6.07, 6.45) is 2.43. The van der Waals surface area contributed by atoms with Crippen molar-refractivity contribution in [3.8, 4) is 0 Å². The fourth-order valence-electron chi connectivity index (χ4n) is 3.06. The number of hydrogen-bond acceptors (Lipinski definition) is 3. The zero-order valence-electron chi connectivity index (χ0n) is 12.6. The van der Waals surface area contributed by atoms with Crippen molar-refractivity contribution >= 4 is 27.3 Å². The van der Waals surface area contributed by atoms with Crippen LogP contribution in [0.3, 0.4) is 0 Å². The Balaban J connectivity index is 1.69. The monoisotopic (exact) mass is 302 g/mol. The molecule has 2 aromatic rings. The summed E-state index contributed by atoms with van der Waals surface area (Å²) in [5, 5.41) is 9.65. The molecule has 1 aromatic carbocycles. The van der Waals surface area contributed by atoms with Crippen LogP contribution in [0.5, 0.6) is 0 Å². The van der Waals surface area contributed by atoms with Gasteiger partial charge in [0.15, 0.2) is 0 Å². The Hall–Kier alpha value is -1.39. The topological polar surface area (TPSA) is 41.1 Å². The molecule has 0 aliphatic carbocycles. The summed E-state index contributed by atoms with van der Waals surface area (Å²) < 4.78 is 1.17. The lowest BCUT2D eigenvalue weighted by Crippen LogP contribution is -2.52. The maximum atomic E-state index is 12.4. The number of amides is 1. The van der Waals surface area contributed by atoms with E-state index in [-0.39, 0.29) is 11.3 Å². The molecular formula is C17H22N2OS. The number of carbonyl (C=O) groups excluding carboxylic acids is 1. The maximum absolute atomic E-state index is 12.4. The van der Waals surface area contributed by atoms with Gasteiger partial charge in [0.25, 0.3) is 5.91 Å². The zero-order valence-corrected chi connectivity index (χ0v) is 13.4. The highest BCUT2D eigenvalue weighted by Gasteiger charge is 2.32. The summed E-state index contributed by atoms with van der Waals surface area (Å²) in [5.41, 5.74) is 1.03. The number of benzene rings is 1.